The molecule has 1 fully saturated rings. The zero-order valence-electron chi connectivity index (χ0n) is 12.8. The number of carbonyl (C=O) groups excluding carboxylic acids is 2. The third-order valence-corrected chi connectivity index (χ3v) is 6.24. The van der Waals surface area contributed by atoms with E-state index in [4.69, 9.17) is 10.00 Å². The van der Waals surface area contributed by atoms with E-state index in [1.165, 1.54) is 23.1 Å². The van der Waals surface area contributed by atoms with Crippen LogP contribution in [0.5, 0.6) is 0 Å². The van der Waals surface area contributed by atoms with Crippen molar-refractivity contribution in [3.8, 4) is 6.07 Å². The van der Waals surface area contributed by atoms with E-state index in [2.05, 4.69) is 11.4 Å². The molecule has 2 rings (SSSR count). The molecule has 0 spiro atoms. The van der Waals surface area contributed by atoms with Gasteiger partial charge in [-0.25, -0.2) is 0 Å². The summed E-state index contributed by atoms with van der Waals surface area (Å²) < 4.78 is 4.51. The standard InChI is InChI=1S/C15H18N2O3S2/c1-4-20-14(19)15(5-6-15)21-8-12(18)17-13-11(7-16)9(2)10(3)22-13/h4-6,8H2,1-3H3,(H,17,18). The number of anilines is 1. The number of esters is 1. The van der Waals surface area contributed by atoms with Crippen LogP contribution >= 0.6 is 23.1 Å². The maximum absolute atomic E-state index is 12.1. The smallest absolute Gasteiger partial charge is 0.322 e. The molecule has 0 unspecified atom stereocenters. The molecule has 0 aromatic carbocycles. The molecule has 1 aromatic heterocycles. The van der Waals surface area contributed by atoms with E-state index < -0.39 is 4.75 Å². The number of aryl methyl sites for hydroxylation is 1. The number of ether oxygens (including phenoxy) is 1. The lowest BCUT2D eigenvalue weighted by atomic mass is 10.2. The molecule has 0 atom stereocenters. The van der Waals surface area contributed by atoms with E-state index in [1.54, 1.807) is 6.92 Å². The van der Waals surface area contributed by atoms with Gasteiger partial charge in [0.25, 0.3) is 0 Å². The van der Waals surface area contributed by atoms with Crippen LogP contribution < -0.4 is 5.32 Å². The van der Waals surface area contributed by atoms with Gasteiger partial charge in [0.15, 0.2) is 0 Å². The zero-order valence-corrected chi connectivity index (χ0v) is 14.4. The third-order valence-electron chi connectivity index (χ3n) is 3.58. The van der Waals surface area contributed by atoms with Crippen LogP contribution in [-0.2, 0) is 14.3 Å². The number of hydrogen-bond acceptors (Lipinski definition) is 6. The fourth-order valence-corrected chi connectivity index (χ4v) is 4.07. The van der Waals surface area contributed by atoms with Crippen LogP contribution in [0, 0.1) is 25.2 Å². The van der Waals surface area contributed by atoms with Crippen molar-refractivity contribution in [1.82, 2.24) is 0 Å². The molecule has 1 aliphatic carbocycles. The molecular formula is C15H18N2O3S2. The highest BCUT2D eigenvalue weighted by atomic mass is 32.2. The van der Waals surface area contributed by atoms with Crippen molar-refractivity contribution in [3.63, 3.8) is 0 Å². The Labute approximate surface area is 138 Å². The molecule has 0 aliphatic heterocycles. The Kier molecular flexibility index (Phi) is 5.14. The first-order chi connectivity index (χ1) is 10.4. The lowest BCUT2D eigenvalue weighted by molar-refractivity contribution is -0.143. The maximum Gasteiger partial charge on any atom is 0.322 e. The van der Waals surface area contributed by atoms with Gasteiger partial charge in [-0.1, -0.05) is 0 Å². The van der Waals surface area contributed by atoms with Crippen LogP contribution in [0.3, 0.4) is 0 Å². The summed E-state index contributed by atoms with van der Waals surface area (Å²) in [6.07, 6.45) is 1.51. The molecule has 1 saturated carbocycles. The molecule has 1 N–H and O–H groups in total. The quantitative estimate of drug-likeness (QED) is 0.807. The van der Waals surface area contributed by atoms with Gasteiger partial charge in [-0.2, -0.15) is 5.26 Å². The van der Waals surface area contributed by atoms with Gasteiger partial charge in [0.05, 0.1) is 17.9 Å². The highest BCUT2D eigenvalue weighted by molar-refractivity contribution is 8.02. The Hall–Kier alpha value is -1.52. The minimum atomic E-state index is -0.535. The summed E-state index contributed by atoms with van der Waals surface area (Å²) in [4.78, 5) is 24.9. The van der Waals surface area contributed by atoms with Gasteiger partial charge in [0, 0.05) is 4.88 Å². The van der Waals surface area contributed by atoms with E-state index in [9.17, 15) is 9.59 Å². The molecule has 1 heterocycles. The third kappa shape index (κ3) is 3.45. The van der Waals surface area contributed by atoms with Crippen molar-refractivity contribution in [1.29, 1.82) is 5.26 Å². The predicted molar refractivity (Wildman–Crippen MR) is 88.2 cm³/mol. The van der Waals surface area contributed by atoms with Gasteiger partial charge in [0.1, 0.15) is 15.8 Å². The van der Waals surface area contributed by atoms with Crippen molar-refractivity contribution in [2.24, 2.45) is 0 Å². The van der Waals surface area contributed by atoms with Crippen LogP contribution in [0.4, 0.5) is 5.00 Å². The van der Waals surface area contributed by atoms with Crippen LogP contribution in [-0.4, -0.2) is 29.0 Å². The fraction of sp³-hybridized carbons (Fsp3) is 0.533. The molecule has 5 nitrogen and oxygen atoms in total. The molecule has 7 heteroatoms. The van der Waals surface area contributed by atoms with Crippen molar-refractivity contribution >= 4 is 40.0 Å². The summed E-state index contributed by atoms with van der Waals surface area (Å²) in [5.74, 6) is -0.244. The second kappa shape index (κ2) is 6.71. The lowest BCUT2D eigenvalue weighted by Gasteiger charge is -2.12. The molecule has 1 amide bonds. The van der Waals surface area contributed by atoms with Gasteiger partial charge in [-0.15, -0.1) is 23.1 Å². The van der Waals surface area contributed by atoms with Crippen LogP contribution in [0.1, 0.15) is 35.8 Å². The maximum atomic E-state index is 12.1. The first kappa shape index (κ1) is 16.8. The van der Waals surface area contributed by atoms with Crippen molar-refractivity contribution < 1.29 is 14.3 Å². The Morgan fingerprint density at radius 1 is 1.45 bits per heavy atom. The normalized spacial score (nSPS) is 15.0. The summed E-state index contributed by atoms with van der Waals surface area (Å²) in [6, 6.07) is 2.12. The monoisotopic (exact) mass is 338 g/mol. The number of thiophene rings is 1. The second-order valence-electron chi connectivity index (χ2n) is 5.15. The lowest BCUT2D eigenvalue weighted by Crippen LogP contribution is -2.25. The van der Waals surface area contributed by atoms with Crippen LogP contribution in [0.2, 0.25) is 0 Å². The highest BCUT2D eigenvalue weighted by Crippen LogP contribution is 2.49. The largest absolute Gasteiger partial charge is 0.465 e. The highest BCUT2D eigenvalue weighted by Gasteiger charge is 2.52. The number of nitriles is 1. The molecular weight excluding hydrogens is 320 g/mol. The van der Waals surface area contributed by atoms with Gasteiger partial charge < -0.3 is 10.1 Å². The number of thioether (sulfide) groups is 1. The Morgan fingerprint density at radius 2 is 2.14 bits per heavy atom. The molecule has 1 aromatic rings. The van der Waals surface area contributed by atoms with E-state index in [1.807, 2.05) is 13.8 Å². The van der Waals surface area contributed by atoms with Gasteiger partial charge in [-0.3, -0.25) is 9.59 Å². The number of nitrogens with zero attached hydrogens (tertiary/aromatic N) is 1. The topological polar surface area (TPSA) is 79.2 Å². The van der Waals surface area contributed by atoms with E-state index in [0.717, 1.165) is 23.3 Å². The van der Waals surface area contributed by atoms with Crippen molar-refractivity contribution in [3.05, 3.63) is 16.0 Å². The number of nitrogens with one attached hydrogen (secondary N) is 1. The average molecular weight is 338 g/mol. The number of amides is 1. The van der Waals surface area contributed by atoms with Crippen LogP contribution in [0.25, 0.3) is 0 Å². The first-order valence-corrected chi connectivity index (χ1v) is 8.85. The van der Waals surface area contributed by atoms with Gasteiger partial charge >= 0.3 is 5.97 Å². The van der Waals surface area contributed by atoms with E-state index >= 15 is 0 Å². The number of rotatable bonds is 6. The summed E-state index contributed by atoms with van der Waals surface area (Å²) in [5.41, 5.74) is 1.42. The summed E-state index contributed by atoms with van der Waals surface area (Å²) in [6.45, 7) is 5.92. The van der Waals surface area contributed by atoms with Crippen molar-refractivity contribution in [2.75, 3.05) is 17.7 Å². The Morgan fingerprint density at radius 3 is 2.68 bits per heavy atom. The average Bonchev–Trinajstić information content (AvgIpc) is 3.22. The SMILES string of the molecule is CCOC(=O)C1(SCC(=O)Nc2sc(C)c(C)c2C#N)CC1. The van der Waals surface area contributed by atoms with Crippen LogP contribution in [0.15, 0.2) is 0 Å². The fourth-order valence-electron chi connectivity index (χ4n) is 2.00. The number of hydrogen-bond donors (Lipinski definition) is 1. The Balaban J connectivity index is 1.93. The zero-order chi connectivity index (χ0) is 16.3. The van der Waals surface area contributed by atoms with Gasteiger partial charge in [-0.05, 0) is 39.2 Å². The molecule has 118 valence electrons. The number of carbonyl (C=O) groups is 2. The summed E-state index contributed by atoms with van der Waals surface area (Å²) >= 11 is 2.73. The molecule has 1 aliphatic rings. The minimum absolute atomic E-state index is 0.180. The minimum Gasteiger partial charge on any atom is -0.465 e. The first-order valence-electron chi connectivity index (χ1n) is 7.04. The summed E-state index contributed by atoms with van der Waals surface area (Å²) in [7, 11) is 0. The second-order valence-corrected chi connectivity index (χ2v) is 7.73. The predicted octanol–water partition coefficient (Wildman–Crippen LogP) is 3.00. The van der Waals surface area contributed by atoms with E-state index in [-0.39, 0.29) is 17.6 Å². The van der Waals surface area contributed by atoms with Crippen molar-refractivity contribution in [2.45, 2.75) is 38.4 Å². The van der Waals surface area contributed by atoms with Gasteiger partial charge in [0.2, 0.25) is 5.91 Å². The molecule has 0 bridgehead atoms. The summed E-state index contributed by atoms with van der Waals surface area (Å²) in [5, 5.41) is 12.5. The molecule has 22 heavy (non-hydrogen) atoms. The molecule has 0 radical (unpaired) electrons. The Bertz CT molecular complexity index is 642. The van der Waals surface area contributed by atoms with E-state index in [0.29, 0.717) is 17.2 Å². The molecule has 0 saturated heterocycles.